The van der Waals surface area contributed by atoms with Crippen molar-refractivity contribution < 1.29 is 23.6 Å². The van der Waals surface area contributed by atoms with E-state index in [2.05, 4.69) is 0 Å². The zero-order valence-electron chi connectivity index (χ0n) is 13.5. The number of halogens is 1. The summed E-state index contributed by atoms with van der Waals surface area (Å²) >= 11 is 0. The number of hydrogen-bond donors (Lipinski definition) is 0. The molecule has 0 aromatic heterocycles. The molecule has 0 spiro atoms. The minimum absolute atomic E-state index is 0.0644. The summed E-state index contributed by atoms with van der Waals surface area (Å²) < 4.78 is 13.2. The molecule has 8 heteroatoms. The molecule has 0 aliphatic carbocycles. The molecule has 5 amide bonds. The molecule has 0 unspecified atom stereocenters. The molecular formula is C16H18FN3O4. The zero-order chi connectivity index (χ0) is 17.9. The standard InChI is InChI=1S/C16H18FN3O4/c1-3-18(9-11-6-5-7-12(17)8-11)13(21)10-20-15(23)14(22)19(4-2)16(20)24/h5-8H,3-4,9-10H2,1-2H3. The van der Waals surface area contributed by atoms with Gasteiger partial charge >= 0.3 is 17.8 Å². The topological polar surface area (TPSA) is 78.0 Å². The van der Waals surface area contributed by atoms with Crippen molar-refractivity contribution >= 4 is 23.8 Å². The van der Waals surface area contributed by atoms with E-state index in [9.17, 15) is 23.6 Å². The summed E-state index contributed by atoms with van der Waals surface area (Å²) in [6.45, 7) is 3.31. The minimum atomic E-state index is -1.00. The highest BCUT2D eigenvalue weighted by atomic mass is 19.1. The number of rotatable bonds is 6. The van der Waals surface area contributed by atoms with Crippen LogP contribution in [0.25, 0.3) is 0 Å². The Morgan fingerprint density at radius 3 is 2.33 bits per heavy atom. The van der Waals surface area contributed by atoms with Gasteiger partial charge in [-0.05, 0) is 31.5 Å². The fraction of sp³-hybridized carbons (Fsp3) is 0.375. The Kier molecular flexibility index (Phi) is 5.28. The van der Waals surface area contributed by atoms with Crippen molar-refractivity contribution in [2.24, 2.45) is 0 Å². The number of likely N-dealkylation sites (N-methyl/N-ethyl adjacent to an activating group) is 2. The van der Waals surface area contributed by atoms with E-state index in [0.717, 1.165) is 4.90 Å². The number of carbonyl (C=O) groups excluding carboxylic acids is 4. The molecule has 2 rings (SSSR count). The predicted molar refractivity (Wildman–Crippen MR) is 82.0 cm³/mol. The van der Waals surface area contributed by atoms with Crippen LogP contribution in [0.3, 0.4) is 0 Å². The number of nitrogens with zero attached hydrogens (tertiary/aromatic N) is 3. The molecule has 24 heavy (non-hydrogen) atoms. The highest BCUT2D eigenvalue weighted by Gasteiger charge is 2.44. The van der Waals surface area contributed by atoms with Crippen LogP contribution in [0.2, 0.25) is 0 Å². The first-order valence-corrected chi connectivity index (χ1v) is 7.58. The number of amides is 5. The van der Waals surface area contributed by atoms with Gasteiger partial charge in [0.1, 0.15) is 12.4 Å². The second kappa shape index (κ2) is 7.20. The minimum Gasteiger partial charge on any atom is -0.337 e. The van der Waals surface area contributed by atoms with Crippen molar-refractivity contribution in [3.63, 3.8) is 0 Å². The summed E-state index contributed by atoms with van der Waals surface area (Å²) in [5, 5.41) is 0. The van der Waals surface area contributed by atoms with E-state index in [0.29, 0.717) is 17.0 Å². The lowest BCUT2D eigenvalue weighted by Gasteiger charge is -2.23. The van der Waals surface area contributed by atoms with Gasteiger partial charge in [-0.1, -0.05) is 12.1 Å². The molecule has 0 radical (unpaired) electrons. The monoisotopic (exact) mass is 335 g/mol. The second-order valence-electron chi connectivity index (χ2n) is 5.26. The molecule has 1 aliphatic rings. The van der Waals surface area contributed by atoms with Gasteiger partial charge in [0.05, 0.1) is 0 Å². The average molecular weight is 335 g/mol. The van der Waals surface area contributed by atoms with Crippen LogP contribution in [-0.4, -0.2) is 58.1 Å². The van der Waals surface area contributed by atoms with Crippen molar-refractivity contribution in [3.8, 4) is 0 Å². The van der Waals surface area contributed by atoms with Crippen molar-refractivity contribution in [2.45, 2.75) is 20.4 Å². The van der Waals surface area contributed by atoms with Gasteiger partial charge in [-0.25, -0.2) is 14.1 Å². The fourth-order valence-corrected chi connectivity index (χ4v) is 2.44. The van der Waals surface area contributed by atoms with Crippen molar-refractivity contribution in [3.05, 3.63) is 35.6 Å². The molecular weight excluding hydrogens is 317 g/mol. The lowest BCUT2D eigenvalue weighted by molar-refractivity contribution is -0.144. The van der Waals surface area contributed by atoms with Gasteiger partial charge in [0.25, 0.3) is 0 Å². The highest BCUT2D eigenvalue weighted by molar-refractivity contribution is 6.45. The van der Waals surface area contributed by atoms with E-state index in [4.69, 9.17) is 0 Å². The van der Waals surface area contributed by atoms with E-state index >= 15 is 0 Å². The summed E-state index contributed by atoms with van der Waals surface area (Å²) in [7, 11) is 0. The first-order chi connectivity index (χ1) is 11.4. The maximum atomic E-state index is 13.2. The summed E-state index contributed by atoms with van der Waals surface area (Å²) in [5.41, 5.74) is 0.593. The van der Waals surface area contributed by atoms with E-state index in [1.165, 1.54) is 23.1 Å². The van der Waals surface area contributed by atoms with Crippen LogP contribution in [-0.2, 0) is 20.9 Å². The first kappa shape index (κ1) is 17.6. The summed E-state index contributed by atoms with van der Waals surface area (Å²) in [5.74, 6) is -2.83. The van der Waals surface area contributed by atoms with Gasteiger partial charge in [-0.2, -0.15) is 0 Å². The normalized spacial score (nSPS) is 14.5. The van der Waals surface area contributed by atoms with Gasteiger partial charge in [-0.3, -0.25) is 19.3 Å². The van der Waals surface area contributed by atoms with E-state index in [1.54, 1.807) is 19.9 Å². The third-order valence-corrected chi connectivity index (χ3v) is 3.74. The van der Waals surface area contributed by atoms with Gasteiger partial charge in [0.15, 0.2) is 0 Å². The van der Waals surface area contributed by atoms with Gasteiger partial charge in [0, 0.05) is 19.6 Å². The Balaban J connectivity index is 2.08. The van der Waals surface area contributed by atoms with Crippen molar-refractivity contribution in [2.75, 3.05) is 19.6 Å². The first-order valence-electron chi connectivity index (χ1n) is 7.58. The summed E-state index contributed by atoms with van der Waals surface area (Å²) in [6, 6.07) is 5.03. The fourth-order valence-electron chi connectivity index (χ4n) is 2.44. The summed E-state index contributed by atoms with van der Waals surface area (Å²) in [4.78, 5) is 50.7. The van der Waals surface area contributed by atoms with Crippen LogP contribution in [0.4, 0.5) is 9.18 Å². The van der Waals surface area contributed by atoms with Crippen LogP contribution in [0.1, 0.15) is 19.4 Å². The van der Waals surface area contributed by atoms with E-state index in [1.807, 2.05) is 0 Å². The largest absolute Gasteiger partial charge is 0.337 e. The SMILES string of the molecule is CCN(Cc1cccc(F)c1)C(=O)CN1C(=O)C(=O)N(CC)C1=O. The Hall–Kier alpha value is -2.77. The molecule has 0 bridgehead atoms. The van der Waals surface area contributed by atoms with Crippen LogP contribution < -0.4 is 0 Å². The number of urea groups is 1. The van der Waals surface area contributed by atoms with Crippen LogP contribution >= 0.6 is 0 Å². The van der Waals surface area contributed by atoms with Gasteiger partial charge < -0.3 is 4.90 Å². The molecule has 1 saturated heterocycles. The Bertz CT molecular complexity index is 692. The number of benzene rings is 1. The molecule has 1 heterocycles. The van der Waals surface area contributed by atoms with E-state index in [-0.39, 0.29) is 13.1 Å². The molecule has 0 N–H and O–H groups in total. The molecule has 1 aromatic rings. The Morgan fingerprint density at radius 2 is 1.79 bits per heavy atom. The number of imide groups is 2. The number of hydrogen-bond acceptors (Lipinski definition) is 4. The Labute approximate surface area is 138 Å². The quantitative estimate of drug-likeness (QED) is 0.574. The molecule has 128 valence electrons. The van der Waals surface area contributed by atoms with Crippen LogP contribution in [0, 0.1) is 5.82 Å². The van der Waals surface area contributed by atoms with Crippen LogP contribution in [0.15, 0.2) is 24.3 Å². The third-order valence-electron chi connectivity index (χ3n) is 3.74. The Morgan fingerprint density at radius 1 is 1.12 bits per heavy atom. The van der Waals surface area contributed by atoms with Gasteiger partial charge in [0.2, 0.25) is 5.91 Å². The maximum absolute atomic E-state index is 13.2. The molecule has 1 fully saturated rings. The third kappa shape index (κ3) is 3.42. The lowest BCUT2D eigenvalue weighted by Crippen LogP contribution is -2.43. The van der Waals surface area contributed by atoms with Crippen molar-refractivity contribution in [1.82, 2.24) is 14.7 Å². The molecule has 1 aromatic carbocycles. The molecule has 1 aliphatic heterocycles. The summed E-state index contributed by atoms with van der Waals surface area (Å²) in [6.07, 6.45) is 0. The van der Waals surface area contributed by atoms with Gasteiger partial charge in [-0.15, -0.1) is 0 Å². The van der Waals surface area contributed by atoms with E-state index < -0.39 is 36.1 Å². The second-order valence-corrected chi connectivity index (χ2v) is 5.26. The molecule has 0 atom stereocenters. The number of carbonyl (C=O) groups is 4. The maximum Gasteiger partial charge on any atom is 0.334 e. The smallest absolute Gasteiger partial charge is 0.334 e. The zero-order valence-corrected chi connectivity index (χ0v) is 13.5. The molecule has 7 nitrogen and oxygen atoms in total. The molecule has 0 saturated carbocycles. The lowest BCUT2D eigenvalue weighted by atomic mass is 10.2. The highest BCUT2D eigenvalue weighted by Crippen LogP contribution is 2.13. The average Bonchev–Trinajstić information content (AvgIpc) is 2.75. The predicted octanol–water partition coefficient (Wildman–Crippen LogP) is 0.985. The van der Waals surface area contributed by atoms with Crippen LogP contribution in [0.5, 0.6) is 0 Å². The van der Waals surface area contributed by atoms with Crippen molar-refractivity contribution in [1.29, 1.82) is 0 Å².